The van der Waals surface area contributed by atoms with Gasteiger partial charge in [0.2, 0.25) is 5.91 Å². The van der Waals surface area contributed by atoms with E-state index in [1.165, 1.54) is 12.8 Å². The van der Waals surface area contributed by atoms with Crippen LogP contribution in [0.3, 0.4) is 0 Å². The summed E-state index contributed by atoms with van der Waals surface area (Å²) >= 11 is 0. The quantitative estimate of drug-likeness (QED) is 0.812. The fourth-order valence-corrected chi connectivity index (χ4v) is 3.25. The Labute approximate surface area is 122 Å². The molecule has 20 heavy (non-hydrogen) atoms. The summed E-state index contributed by atoms with van der Waals surface area (Å²) in [7, 11) is 0. The molecule has 0 aromatic carbocycles. The third kappa shape index (κ3) is 5.06. The lowest BCUT2D eigenvalue weighted by atomic mass is 9.82. The first-order valence-corrected chi connectivity index (χ1v) is 8.17. The molecule has 1 aliphatic carbocycles. The molecule has 116 valence electrons. The number of nitrogens with two attached hydrogens (primary N) is 1. The second-order valence-electron chi connectivity index (χ2n) is 7.02. The summed E-state index contributed by atoms with van der Waals surface area (Å²) in [6, 6.07) is 0.397. The maximum atomic E-state index is 12.0. The van der Waals surface area contributed by atoms with Crippen LogP contribution in [-0.2, 0) is 9.53 Å². The molecule has 2 aliphatic rings. The monoisotopic (exact) mass is 282 g/mol. The van der Waals surface area contributed by atoms with Gasteiger partial charge in [0.05, 0.1) is 0 Å². The van der Waals surface area contributed by atoms with Crippen LogP contribution in [0, 0.1) is 11.3 Å². The molecule has 1 saturated heterocycles. The fourth-order valence-electron chi connectivity index (χ4n) is 3.25. The Morgan fingerprint density at radius 2 is 1.90 bits per heavy atom. The predicted molar refractivity (Wildman–Crippen MR) is 80.3 cm³/mol. The van der Waals surface area contributed by atoms with Crippen molar-refractivity contribution in [3.63, 3.8) is 0 Å². The summed E-state index contributed by atoms with van der Waals surface area (Å²) in [6.07, 6.45) is 8.45. The van der Waals surface area contributed by atoms with Crippen molar-refractivity contribution in [2.45, 2.75) is 64.3 Å². The van der Waals surface area contributed by atoms with Crippen LogP contribution >= 0.6 is 0 Å². The summed E-state index contributed by atoms with van der Waals surface area (Å²) < 4.78 is 5.38. The molecule has 4 nitrogen and oxygen atoms in total. The lowest BCUT2D eigenvalue weighted by molar-refractivity contribution is -0.122. The standard InChI is InChI=1S/C16H30N2O2/c1-16(8-10-20-11-9-16)12-18-15(19)7-4-13-2-5-14(17)6-3-13/h13-14H,2-12,17H2,1H3,(H,18,19). The highest BCUT2D eigenvalue weighted by Crippen LogP contribution is 2.29. The molecule has 0 aromatic heterocycles. The number of amides is 1. The van der Waals surface area contributed by atoms with E-state index in [4.69, 9.17) is 10.5 Å². The predicted octanol–water partition coefficient (Wildman–Crippen LogP) is 2.22. The summed E-state index contributed by atoms with van der Waals surface area (Å²) in [4.78, 5) is 12.0. The van der Waals surface area contributed by atoms with Crippen LogP contribution in [0.15, 0.2) is 0 Å². The topological polar surface area (TPSA) is 64.4 Å². The lowest BCUT2D eigenvalue weighted by Gasteiger charge is -2.33. The van der Waals surface area contributed by atoms with Crippen molar-refractivity contribution < 1.29 is 9.53 Å². The largest absolute Gasteiger partial charge is 0.381 e. The zero-order valence-corrected chi connectivity index (χ0v) is 12.8. The highest BCUT2D eigenvalue weighted by Gasteiger charge is 2.27. The van der Waals surface area contributed by atoms with Crippen LogP contribution in [0.25, 0.3) is 0 Å². The summed E-state index contributed by atoms with van der Waals surface area (Å²) in [6.45, 7) is 4.70. The minimum absolute atomic E-state index is 0.215. The molecule has 0 spiro atoms. The maximum absolute atomic E-state index is 12.0. The highest BCUT2D eigenvalue weighted by atomic mass is 16.5. The molecule has 0 atom stereocenters. The fraction of sp³-hybridized carbons (Fsp3) is 0.938. The Morgan fingerprint density at radius 1 is 1.25 bits per heavy atom. The molecule has 1 aliphatic heterocycles. The van der Waals surface area contributed by atoms with E-state index in [1.54, 1.807) is 0 Å². The van der Waals surface area contributed by atoms with Gasteiger partial charge in [-0.05, 0) is 56.3 Å². The van der Waals surface area contributed by atoms with Crippen LogP contribution in [0.5, 0.6) is 0 Å². The van der Waals surface area contributed by atoms with Crippen LogP contribution < -0.4 is 11.1 Å². The Morgan fingerprint density at radius 3 is 2.55 bits per heavy atom. The maximum Gasteiger partial charge on any atom is 0.220 e. The van der Waals surface area contributed by atoms with Crippen LogP contribution in [-0.4, -0.2) is 31.7 Å². The number of nitrogens with one attached hydrogen (secondary N) is 1. The Hall–Kier alpha value is -0.610. The minimum atomic E-state index is 0.215. The lowest BCUT2D eigenvalue weighted by Crippen LogP contribution is -2.39. The summed E-state index contributed by atoms with van der Waals surface area (Å²) in [5.41, 5.74) is 6.14. The molecule has 4 heteroatoms. The van der Waals surface area contributed by atoms with Crippen molar-refractivity contribution in [2.24, 2.45) is 17.1 Å². The zero-order valence-electron chi connectivity index (χ0n) is 12.8. The van der Waals surface area contributed by atoms with E-state index in [9.17, 15) is 4.79 Å². The molecule has 0 radical (unpaired) electrons. The third-order valence-electron chi connectivity index (χ3n) is 5.08. The number of rotatable bonds is 5. The molecule has 2 fully saturated rings. The minimum Gasteiger partial charge on any atom is -0.381 e. The van der Waals surface area contributed by atoms with Gasteiger partial charge < -0.3 is 15.8 Å². The van der Waals surface area contributed by atoms with E-state index in [2.05, 4.69) is 12.2 Å². The van der Waals surface area contributed by atoms with E-state index >= 15 is 0 Å². The van der Waals surface area contributed by atoms with Gasteiger partial charge in [-0.15, -0.1) is 0 Å². The Balaban J connectivity index is 1.60. The van der Waals surface area contributed by atoms with Crippen molar-refractivity contribution >= 4 is 5.91 Å². The third-order valence-corrected chi connectivity index (χ3v) is 5.08. The molecule has 1 heterocycles. The van der Waals surface area contributed by atoms with Crippen molar-refractivity contribution in [2.75, 3.05) is 19.8 Å². The average Bonchev–Trinajstić information content (AvgIpc) is 2.45. The van der Waals surface area contributed by atoms with Gasteiger partial charge >= 0.3 is 0 Å². The normalized spacial score (nSPS) is 29.9. The molecular weight excluding hydrogens is 252 g/mol. The van der Waals surface area contributed by atoms with Crippen LogP contribution in [0.1, 0.15) is 58.3 Å². The van der Waals surface area contributed by atoms with Gasteiger partial charge in [0.1, 0.15) is 0 Å². The molecule has 0 unspecified atom stereocenters. The molecule has 3 N–H and O–H groups in total. The summed E-state index contributed by atoms with van der Waals surface area (Å²) in [5, 5.41) is 3.12. The van der Waals surface area contributed by atoms with Gasteiger partial charge in [-0.1, -0.05) is 6.92 Å². The average molecular weight is 282 g/mol. The van der Waals surface area contributed by atoms with Gasteiger partial charge in [-0.3, -0.25) is 4.79 Å². The molecule has 0 aromatic rings. The first-order valence-electron chi connectivity index (χ1n) is 8.17. The van der Waals surface area contributed by atoms with Crippen molar-refractivity contribution in [3.8, 4) is 0 Å². The van der Waals surface area contributed by atoms with E-state index in [0.29, 0.717) is 18.4 Å². The highest BCUT2D eigenvalue weighted by molar-refractivity contribution is 5.75. The van der Waals surface area contributed by atoms with Gasteiger partial charge in [-0.25, -0.2) is 0 Å². The van der Waals surface area contributed by atoms with E-state index < -0.39 is 0 Å². The first kappa shape index (κ1) is 15.8. The van der Waals surface area contributed by atoms with Crippen molar-refractivity contribution in [1.82, 2.24) is 5.32 Å². The smallest absolute Gasteiger partial charge is 0.220 e. The molecular formula is C16H30N2O2. The second kappa shape index (κ2) is 7.41. The zero-order chi connectivity index (χ0) is 14.4. The second-order valence-corrected chi connectivity index (χ2v) is 7.02. The first-order chi connectivity index (χ1) is 9.57. The van der Waals surface area contributed by atoms with Crippen LogP contribution in [0.2, 0.25) is 0 Å². The molecule has 2 rings (SSSR count). The van der Waals surface area contributed by atoms with Gasteiger partial charge in [0, 0.05) is 32.2 Å². The molecule has 1 amide bonds. The number of hydrogen-bond donors (Lipinski definition) is 2. The van der Waals surface area contributed by atoms with E-state index in [-0.39, 0.29) is 11.3 Å². The molecule has 1 saturated carbocycles. The molecule has 0 bridgehead atoms. The van der Waals surface area contributed by atoms with Gasteiger partial charge in [0.15, 0.2) is 0 Å². The number of ether oxygens (including phenoxy) is 1. The van der Waals surface area contributed by atoms with Crippen LogP contribution in [0.4, 0.5) is 0 Å². The Bertz CT molecular complexity index is 306. The van der Waals surface area contributed by atoms with E-state index in [0.717, 1.165) is 51.9 Å². The SMILES string of the molecule is CC1(CNC(=O)CCC2CCC(N)CC2)CCOCC1. The Kier molecular flexibility index (Phi) is 5.85. The number of carbonyl (C=O) groups excluding carboxylic acids is 1. The number of carbonyl (C=O) groups is 1. The van der Waals surface area contributed by atoms with Gasteiger partial charge in [-0.2, -0.15) is 0 Å². The summed E-state index contributed by atoms with van der Waals surface area (Å²) in [5.74, 6) is 0.923. The number of hydrogen-bond acceptors (Lipinski definition) is 3. The van der Waals surface area contributed by atoms with E-state index in [1.807, 2.05) is 0 Å². The van der Waals surface area contributed by atoms with Crippen molar-refractivity contribution in [1.29, 1.82) is 0 Å². The van der Waals surface area contributed by atoms with Crippen molar-refractivity contribution in [3.05, 3.63) is 0 Å². The van der Waals surface area contributed by atoms with Gasteiger partial charge in [0.25, 0.3) is 0 Å².